The molecule has 1 aliphatic rings. The van der Waals surface area contributed by atoms with Crippen LogP contribution in [-0.2, 0) is 0 Å². The van der Waals surface area contributed by atoms with Crippen LogP contribution in [-0.4, -0.2) is 0 Å². The highest BCUT2D eigenvalue weighted by atomic mass is 16.5. The monoisotopic (exact) mass is 715 g/mol. The number of fused-ring (bicyclic) bond motifs is 5. The molecule has 0 aliphatic carbocycles. The van der Waals surface area contributed by atoms with E-state index in [2.05, 4.69) is 229 Å². The van der Waals surface area contributed by atoms with Gasteiger partial charge in [-0.15, -0.1) is 0 Å². The maximum Gasteiger partial charge on any atom is 0.159 e. The minimum atomic E-state index is 0.818. The third-order valence-electron chi connectivity index (χ3n) is 10.7. The van der Waals surface area contributed by atoms with E-state index in [1.165, 1.54) is 33.4 Å². The predicted molar refractivity (Wildman–Crippen MR) is 234 cm³/mol. The van der Waals surface area contributed by atoms with Gasteiger partial charge in [0.05, 0.1) is 5.69 Å². The van der Waals surface area contributed by atoms with Crippen LogP contribution in [0.15, 0.2) is 224 Å². The molecule has 9 aromatic rings. The second kappa shape index (κ2) is 14.4. The lowest BCUT2D eigenvalue weighted by Crippen LogP contribution is -2.11. The fourth-order valence-electron chi connectivity index (χ4n) is 7.87. The fourth-order valence-corrected chi connectivity index (χ4v) is 7.87. The van der Waals surface area contributed by atoms with Gasteiger partial charge in [-0.1, -0.05) is 182 Å². The molecule has 264 valence electrons. The molecule has 0 aromatic heterocycles. The van der Waals surface area contributed by atoms with Crippen molar-refractivity contribution in [1.82, 2.24) is 0 Å². The van der Waals surface area contributed by atoms with E-state index in [-0.39, 0.29) is 0 Å². The number of anilines is 3. The number of para-hydroxylation sites is 1. The highest BCUT2D eigenvalue weighted by Crippen LogP contribution is 2.53. The minimum Gasteiger partial charge on any atom is -0.454 e. The van der Waals surface area contributed by atoms with Gasteiger partial charge in [0.25, 0.3) is 0 Å². The van der Waals surface area contributed by atoms with Crippen molar-refractivity contribution in [1.29, 1.82) is 0 Å². The summed E-state index contributed by atoms with van der Waals surface area (Å²) in [4.78, 5) is 2.32. The zero-order valence-corrected chi connectivity index (χ0v) is 30.7. The number of hydrogen-bond donors (Lipinski definition) is 0. The summed E-state index contributed by atoms with van der Waals surface area (Å²) in [6.07, 6.45) is 0. The first-order valence-electron chi connectivity index (χ1n) is 19.1. The zero-order valence-electron chi connectivity index (χ0n) is 30.7. The van der Waals surface area contributed by atoms with Gasteiger partial charge in [-0.25, -0.2) is 0 Å². The average Bonchev–Trinajstić information content (AvgIpc) is 3.43. The van der Waals surface area contributed by atoms with Crippen LogP contribution >= 0.6 is 0 Å². The summed E-state index contributed by atoms with van der Waals surface area (Å²) in [5.74, 6) is 1.65. The summed E-state index contributed by atoms with van der Waals surface area (Å²) in [6.45, 7) is 0. The summed E-state index contributed by atoms with van der Waals surface area (Å²) in [6, 6.07) is 79.8. The molecule has 0 unspecified atom stereocenters. The Labute approximate surface area is 328 Å². The second-order valence-corrected chi connectivity index (χ2v) is 14.1. The summed E-state index contributed by atoms with van der Waals surface area (Å²) in [5, 5.41) is 0. The van der Waals surface area contributed by atoms with Crippen LogP contribution in [0.1, 0.15) is 0 Å². The molecule has 0 bridgehead atoms. The molecule has 0 atom stereocenters. The molecule has 2 heteroatoms. The minimum absolute atomic E-state index is 0.818. The molecule has 9 aromatic carbocycles. The van der Waals surface area contributed by atoms with E-state index in [9.17, 15) is 0 Å². The van der Waals surface area contributed by atoms with Crippen LogP contribution in [0.25, 0.3) is 66.8 Å². The van der Waals surface area contributed by atoms with E-state index >= 15 is 0 Å². The second-order valence-electron chi connectivity index (χ2n) is 14.1. The van der Waals surface area contributed by atoms with Gasteiger partial charge in [-0.05, 0) is 98.1 Å². The molecule has 56 heavy (non-hydrogen) atoms. The zero-order chi connectivity index (χ0) is 37.3. The maximum absolute atomic E-state index is 7.12. The molecule has 1 aliphatic heterocycles. The van der Waals surface area contributed by atoms with Gasteiger partial charge in [-0.3, -0.25) is 0 Å². The van der Waals surface area contributed by atoms with Gasteiger partial charge >= 0.3 is 0 Å². The lowest BCUT2D eigenvalue weighted by molar-refractivity contribution is 0.489. The predicted octanol–water partition coefficient (Wildman–Crippen LogP) is 15.3. The van der Waals surface area contributed by atoms with E-state index in [0.29, 0.717) is 0 Å². The first-order valence-corrected chi connectivity index (χ1v) is 19.1. The third kappa shape index (κ3) is 6.24. The Kier molecular flexibility index (Phi) is 8.55. The Morgan fingerprint density at radius 3 is 1.14 bits per heavy atom. The molecule has 0 radical (unpaired) electrons. The molecule has 0 spiro atoms. The van der Waals surface area contributed by atoms with E-state index in [1.807, 2.05) is 0 Å². The van der Waals surface area contributed by atoms with Crippen molar-refractivity contribution in [2.75, 3.05) is 4.90 Å². The van der Waals surface area contributed by atoms with Gasteiger partial charge in [0.15, 0.2) is 5.75 Å². The Morgan fingerprint density at radius 2 is 0.643 bits per heavy atom. The number of ether oxygens (including phenoxy) is 1. The lowest BCUT2D eigenvalue weighted by atomic mass is 9.92. The normalized spacial score (nSPS) is 11.4. The van der Waals surface area contributed by atoms with E-state index < -0.39 is 0 Å². The Bertz CT molecular complexity index is 2780. The van der Waals surface area contributed by atoms with E-state index in [4.69, 9.17) is 4.74 Å². The number of benzene rings is 9. The molecule has 0 N–H and O–H groups in total. The molecule has 0 saturated heterocycles. The lowest BCUT2D eigenvalue weighted by Gasteiger charge is -2.28. The molecule has 2 nitrogen and oxygen atoms in total. The maximum atomic E-state index is 7.12. The van der Waals surface area contributed by atoms with Gasteiger partial charge in [0, 0.05) is 22.5 Å². The Hall–Kier alpha value is -7.42. The molecule has 0 fully saturated rings. The Morgan fingerprint density at radius 1 is 0.268 bits per heavy atom. The van der Waals surface area contributed by atoms with Gasteiger partial charge < -0.3 is 9.64 Å². The highest BCUT2D eigenvalue weighted by Gasteiger charge is 2.26. The number of nitrogens with zero attached hydrogens (tertiary/aromatic N) is 1. The summed E-state index contributed by atoms with van der Waals surface area (Å²) >= 11 is 0. The smallest absolute Gasteiger partial charge is 0.159 e. The average molecular weight is 716 g/mol. The molecular formula is C54H37NO. The van der Waals surface area contributed by atoms with Crippen molar-refractivity contribution in [3.05, 3.63) is 224 Å². The van der Waals surface area contributed by atoms with Crippen molar-refractivity contribution in [2.24, 2.45) is 0 Å². The van der Waals surface area contributed by atoms with Gasteiger partial charge in [-0.2, -0.15) is 0 Å². The first kappa shape index (κ1) is 33.2. The van der Waals surface area contributed by atoms with E-state index in [0.717, 1.165) is 61.9 Å². The standard InChI is InChI=1S/C54H37NO/c1-4-13-38(14-5-1)41-23-25-42(26-24-41)44-29-34-47(35-30-44)55(46-32-27-43(28-33-46)39-15-6-2-7-16-39)52-22-12-21-50-48-19-10-11-20-49(48)51-37-45(40-17-8-3-9-18-40)31-36-53(51)56-54(50)52/h1-37H. The number of hydrogen-bond acceptors (Lipinski definition) is 2. The molecule has 0 amide bonds. The van der Waals surface area contributed by atoms with Gasteiger partial charge in [0.1, 0.15) is 5.75 Å². The summed E-state index contributed by atoms with van der Waals surface area (Å²) in [5.41, 5.74) is 16.9. The fraction of sp³-hybridized carbons (Fsp3) is 0. The molecule has 0 saturated carbocycles. The quantitative estimate of drug-likeness (QED) is 0.163. The molecule has 1 heterocycles. The van der Waals surface area contributed by atoms with Crippen molar-refractivity contribution < 1.29 is 4.74 Å². The van der Waals surface area contributed by atoms with Crippen molar-refractivity contribution in [2.45, 2.75) is 0 Å². The van der Waals surface area contributed by atoms with Crippen LogP contribution in [0.4, 0.5) is 17.1 Å². The Balaban J connectivity index is 1.09. The van der Waals surface area contributed by atoms with Crippen LogP contribution < -0.4 is 9.64 Å². The van der Waals surface area contributed by atoms with Crippen LogP contribution in [0.2, 0.25) is 0 Å². The number of rotatable bonds is 7. The van der Waals surface area contributed by atoms with Crippen molar-refractivity contribution in [3.63, 3.8) is 0 Å². The topological polar surface area (TPSA) is 12.5 Å². The van der Waals surface area contributed by atoms with Crippen LogP contribution in [0.3, 0.4) is 0 Å². The van der Waals surface area contributed by atoms with Crippen LogP contribution in [0.5, 0.6) is 11.5 Å². The highest BCUT2D eigenvalue weighted by molar-refractivity contribution is 5.96. The largest absolute Gasteiger partial charge is 0.454 e. The SMILES string of the molecule is c1ccc(-c2ccc(-c3ccc(N(c4ccc(-c5ccccc5)cc4)c4cccc5c4Oc4ccc(-c6ccccc6)cc4-c4ccccc4-5)cc3)cc2)cc1. The molecule has 10 rings (SSSR count). The van der Waals surface area contributed by atoms with E-state index in [1.54, 1.807) is 0 Å². The van der Waals surface area contributed by atoms with Gasteiger partial charge in [0.2, 0.25) is 0 Å². The van der Waals surface area contributed by atoms with Crippen molar-refractivity contribution in [3.8, 4) is 78.3 Å². The molecular weight excluding hydrogens is 679 g/mol. The summed E-state index contributed by atoms with van der Waals surface area (Å²) < 4.78 is 7.12. The van der Waals surface area contributed by atoms with Crippen molar-refractivity contribution >= 4 is 17.1 Å². The summed E-state index contributed by atoms with van der Waals surface area (Å²) in [7, 11) is 0. The van der Waals surface area contributed by atoms with Crippen LogP contribution in [0, 0.1) is 0 Å². The first-order chi connectivity index (χ1) is 27.8. The third-order valence-corrected chi connectivity index (χ3v) is 10.7.